The van der Waals surface area contributed by atoms with Gasteiger partial charge >= 0.3 is 0 Å². The van der Waals surface area contributed by atoms with E-state index in [1.54, 1.807) is 16.7 Å². The Kier molecular flexibility index (Phi) is 3.18. The zero-order valence-electron chi connectivity index (χ0n) is 8.80. The largest absolute Gasteiger partial charge is 0.326 e. The second-order valence-electron chi connectivity index (χ2n) is 4.08. The van der Waals surface area contributed by atoms with Crippen LogP contribution in [0.25, 0.3) is 0 Å². The fourth-order valence-corrected chi connectivity index (χ4v) is 1.96. The van der Waals surface area contributed by atoms with Crippen LogP contribution < -0.4 is 11.3 Å². The molecule has 2 heterocycles. The monoisotopic (exact) mass is 207 g/mol. The molecule has 82 valence electrons. The molecule has 0 amide bonds. The molecule has 1 aliphatic rings. The van der Waals surface area contributed by atoms with Gasteiger partial charge in [0.1, 0.15) is 0 Å². The summed E-state index contributed by atoms with van der Waals surface area (Å²) in [7, 11) is 0. The fraction of sp³-hybridized carbons (Fsp3) is 0.545. The fourth-order valence-electron chi connectivity index (χ4n) is 1.96. The number of nitrogens with zero attached hydrogens (tertiary/aromatic N) is 2. The molecule has 2 rings (SSSR count). The first-order valence-corrected chi connectivity index (χ1v) is 5.39. The Balaban J connectivity index is 1.88. The van der Waals surface area contributed by atoms with Gasteiger partial charge in [-0.15, -0.1) is 0 Å². The average Bonchev–Trinajstić information content (AvgIpc) is 2.63. The zero-order chi connectivity index (χ0) is 10.7. The van der Waals surface area contributed by atoms with Gasteiger partial charge in [-0.1, -0.05) is 6.07 Å². The van der Waals surface area contributed by atoms with Gasteiger partial charge in [0.05, 0.1) is 0 Å². The summed E-state index contributed by atoms with van der Waals surface area (Å²) >= 11 is 0. The van der Waals surface area contributed by atoms with E-state index in [9.17, 15) is 4.79 Å². The quantitative estimate of drug-likeness (QED) is 0.752. The van der Waals surface area contributed by atoms with Crippen molar-refractivity contribution >= 4 is 0 Å². The van der Waals surface area contributed by atoms with Crippen molar-refractivity contribution in [3.63, 3.8) is 0 Å². The number of aromatic nitrogens is 1. The number of hydrogen-bond donors (Lipinski definition) is 1. The summed E-state index contributed by atoms with van der Waals surface area (Å²) in [6.45, 7) is 3.69. The molecule has 1 aliphatic heterocycles. The highest BCUT2D eigenvalue weighted by Gasteiger charge is 2.18. The van der Waals surface area contributed by atoms with Crippen LogP contribution in [-0.2, 0) is 6.54 Å². The third kappa shape index (κ3) is 2.67. The molecule has 1 atom stereocenters. The number of hydrogen-bond acceptors (Lipinski definition) is 3. The first-order valence-electron chi connectivity index (χ1n) is 5.39. The van der Waals surface area contributed by atoms with Gasteiger partial charge in [-0.25, -0.2) is 0 Å². The molecule has 0 spiro atoms. The summed E-state index contributed by atoms with van der Waals surface area (Å²) in [6, 6.07) is 5.56. The maximum absolute atomic E-state index is 11.4. The van der Waals surface area contributed by atoms with Crippen molar-refractivity contribution in [3.8, 4) is 0 Å². The lowest BCUT2D eigenvalue weighted by atomic mass is 10.3. The third-order valence-corrected chi connectivity index (χ3v) is 2.86. The Morgan fingerprint density at radius 1 is 1.40 bits per heavy atom. The van der Waals surface area contributed by atoms with Crippen molar-refractivity contribution in [1.29, 1.82) is 0 Å². The van der Waals surface area contributed by atoms with Crippen molar-refractivity contribution in [2.45, 2.75) is 19.0 Å². The summed E-state index contributed by atoms with van der Waals surface area (Å²) in [5.74, 6) is 0. The summed E-state index contributed by atoms with van der Waals surface area (Å²) in [6.07, 6.45) is 2.90. The van der Waals surface area contributed by atoms with Gasteiger partial charge < -0.3 is 10.3 Å². The minimum absolute atomic E-state index is 0.0704. The van der Waals surface area contributed by atoms with Gasteiger partial charge in [0.15, 0.2) is 0 Å². The highest BCUT2D eigenvalue weighted by molar-refractivity contribution is 4.93. The molecule has 4 nitrogen and oxygen atoms in total. The smallest absolute Gasteiger partial charge is 0.250 e. The predicted molar refractivity (Wildman–Crippen MR) is 59.7 cm³/mol. The SMILES string of the molecule is N[C@H]1CCN(CCn2ccccc2=O)C1. The van der Waals surface area contributed by atoms with Crippen LogP contribution in [0.5, 0.6) is 0 Å². The molecule has 0 saturated carbocycles. The van der Waals surface area contributed by atoms with Crippen LogP contribution in [0, 0.1) is 0 Å². The maximum atomic E-state index is 11.4. The molecule has 0 aliphatic carbocycles. The van der Waals surface area contributed by atoms with Crippen molar-refractivity contribution in [2.75, 3.05) is 19.6 Å². The topological polar surface area (TPSA) is 51.3 Å². The molecule has 2 N–H and O–H groups in total. The van der Waals surface area contributed by atoms with E-state index < -0.39 is 0 Å². The lowest BCUT2D eigenvalue weighted by Gasteiger charge is -2.15. The molecule has 15 heavy (non-hydrogen) atoms. The van der Waals surface area contributed by atoms with Crippen LogP contribution in [0.1, 0.15) is 6.42 Å². The van der Waals surface area contributed by atoms with E-state index in [1.807, 2.05) is 12.3 Å². The van der Waals surface area contributed by atoms with E-state index in [-0.39, 0.29) is 5.56 Å². The van der Waals surface area contributed by atoms with Crippen LogP contribution in [0.4, 0.5) is 0 Å². The van der Waals surface area contributed by atoms with Crippen LogP contribution in [0.15, 0.2) is 29.2 Å². The standard InChI is InChI=1S/C11H17N3O/c12-10-4-6-13(9-10)7-8-14-5-2-1-3-11(14)15/h1-3,5,10H,4,6-9,12H2/t10-/m0/s1. The number of rotatable bonds is 3. The Morgan fingerprint density at radius 3 is 2.93 bits per heavy atom. The van der Waals surface area contributed by atoms with Crippen LogP contribution in [0.3, 0.4) is 0 Å². The second kappa shape index (κ2) is 4.59. The molecule has 0 aromatic carbocycles. The third-order valence-electron chi connectivity index (χ3n) is 2.86. The summed E-state index contributed by atoms with van der Waals surface area (Å²) in [4.78, 5) is 13.7. The van der Waals surface area contributed by atoms with E-state index in [0.717, 1.165) is 32.6 Å². The molecule has 1 fully saturated rings. The second-order valence-corrected chi connectivity index (χ2v) is 4.08. The van der Waals surface area contributed by atoms with Gasteiger partial charge in [0.2, 0.25) is 0 Å². The maximum Gasteiger partial charge on any atom is 0.250 e. The van der Waals surface area contributed by atoms with Crippen molar-refractivity contribution in [3.05, 3.63) is 34.7 Å². The summed E-state index contributed by atoms with van der Waals surface area (Å²) in [5.41, 5.74) is 5.88. The first-order chi connectivity index (χ1) is 7.25. The van der Waals surface area contributed by atoms with Crippen LogP contribution >= 0.6 is 0 Å². The molecule has 1 aromatic rings. The Hall–Kier alpha value is -1.13. The minimum Gasteiger partial charge on any atom is -0.326 e. The van der Waals surface area contributed by atoms with Gasteiger partial charge in [0, 0.05) is 37.9 Å². The molecular formula is C11H17N3O. The van der Waals surface area contributed by atoms with Crippen molar-refractivity contribution < 1.29 is 0 Å². The van der Waals surface area contributed by atoms with E-state index in [1.165, 1.54) is 0 Å². The lowest BCUT2D eigenvalue weighted by Crippen LogP contribution is -2.31. The van der Waals surface area contributed by atoms with Gasteiger partial charge in [0.25, 0.3) is 5.56 Å². The van der Waals surface area contributed by atoms with E-state index in [2.05, 4.69) is 4.90 Å². The minimum atomic E-state index is 0.0704. The molecule has 0 radical (unpaired) electrons. The Bertz CT molecular complexity index is 374. The van der Waals surface area contributed by atoms with Crippen molar-refractivity contribution in [1.82, 2.24) is 9.47 Å². The van der Waals surface area contributed by atoms with Crippen LogP contribution in [0.2, 0.25) is 0 Å². The zero-order valence-corrected chi connectivity index (χ0v) is 8.80. The van der Waals surface area contributed by atoms with Crippen LogP contribution in [-0.4, -0.2) is 35.1 Å². The lowest BCUT2D eigenvalue weighted by molar-refractivity contribution is 0.317. The highest BCUT2D eigenvalue weighted by atomic mass is 16.1. The molecule has 0 unspecified atom stereocenters. The molecular weight excluding hydrogens is 190 g/mol. The molecule has 1 aromatic heterocycles. The number of nitrogens with two attached hydrogens (primary N) is 1. The van der Waals surface area contributed by atoms with E-state index in [0.29, 0.717) is 6.04 Å². The van der Waals surface area contributed by atoms with Gasteiger partial charge in [-0.3, -0.25) is 9.69 Å². The average molecular weight is 207 g/mol. The molecule has 4 heteroatoms. The van der Waals surface area contributed by atoms with Gasteiger partial charge in [-0.05, 0) is 19.0 Å². The first kappa shape index (κ1) is 10.4. The predicted octanol–water partition coefficient (Wildman–Crippen LogP) is -0.119. The Labute approximate surface area is 89.3 Å². The van der Waals surface area contributed by atoms with Gasteiger partial charge in [-0.2, -0.15) is 0 Å². The van der Waals surface area contributed by atoms with E-state index in [4.69, 9.17) is 5.73 Å². The molecule has 0 bridgehead atoms. The number of likely N-dealkylation sites (tertiary alicyclic amines) is 1. The summed E-state index contributed by atoms with van der Waals surface area (Å²) < 4.78 is 1.74. The highest BCUT2D eigenvalue weighted by Crippen LogP contribution is 2.05. The Morgan fingerprint density at radius 2 is 2.27 bits per heavy atom. The van der Waals surface area contributed by atoms with E-state index >= 15 is 0 Å². The summed E-state index contributed by atoms with van der Waals surface area (Å²) in [5, 5.41) is 0. The molecule has 1 saturated heterocycles. The normalized spacial score (nSPS) is 22.1. The van der Waals surface area contributed by atoms with Crippen molar-refractivity contribution in [2.24, 2.45) is 5.73 Å². The number of pyridine rings is 1.